The number of nitrogens with zero attached hydrogens (tertiary/aromatic N) is 2. The van der Waals surface area contributed by atoms with Gasteiger partial charge in [-0.25, -0.2) is 0 Å². The van der Waals surface area contributed by atoms with Crippen LogP contribution in [0.3, 0.4) is 0 Å². The molecular formula is C27H32ClN5O4. The molecule has 196 valence electrons. The molecule has 2 aliphatic heterocycles. The molecule has 2 saturated heterocycles. The zero-order chi connectivity index (χ0) is 26.5. The second-order valence-electron chi connectivity index (χ2n) is 11.4. The van der Waals surface area contributed by atoms with E-state index in [1.165, 1.54) is 0 Å². The first-order valence-electron chi connectivity index (χ1n) is 12.7. The lowest BCUT2D eigenvalue weighted by atomic mass is 9.67. The van der Waals surface area contributed by atoms with Crippen molar-refractivity contribution in [2.75, 3.05) is 13.7 Å². The van der Waals surface area contributed by atoms with Gasteiger partial charge in [-0.1, -0.05) is 18.0 Å². The summed E-state index contributed by atoms with van der Waals surface area (Å²) < 4.78 is 5.42. The molecule has 2 aromatic rings. The first kappa shape index (κ1) is 25.4. The molecule has 3 N–H and O–H groups in total. The first-order chi connectivity index (χ1) is 17.5. The second-order valence-corrected chi connectivity index (χ2v) is 11.8. The van der Waals surface area contributed by atoms with Crippen LogP contribution in [0, 0.1) is 22.7 Å². The van der Waals surface area contributed by atoms with Gasteiger partial charge in [0.05, 0.1) is 23.7 Å². The number of ether oxygens (including phenoxy) is 1. The SMILES string of the molecule is COc1ccc(Cl)c2[nH]c(C(=O)N3CC4(CCC4)CC3C(=O)N[C@H](C#N)C[C@@H]3CC(C)(C)NC3=O)cc12. The lowest BCUT2D eigenvalue weighted by molar-refractivity contribution is -0.126. The molecule has 1 aromatic carbocycles. The van der Waals surface area contributed by atoms with Crippen molar-refractivity contribution in [3.05, 3.63) is 28.9 Å². The zero-order valence-corrected chi connectivity index (χ0v) is 22.1. The molecule has 3 heterocycles. The smallest absolute Gasteiger partial charge is 0.271 e. The minimum Gasteiger partial charge on any atom is -0.496 e. The Bertz CT molecular complexity index is 1310. The Labute approximate surface area is 220 Å². The fourth-order valence-corrected chi connectivity index (χ4v) is 6.44. The van der Waals surface area contributed by atoms with Gasteiger partial charge < -0.3 is 25.3 Å². The number of methoxy groups -OCH3 is 1. The van der Waals surface area contributed by atoms with E-state index in [4.69, 9.17) is 16.3 Å². The molecule has 1 saturated carbocycles. The van der Waals surface area contributed by atoms with Gasteiger partial charge in [0.2, 0.25) is 11.8 Å². The van der Waals surface area contributed by atoms with Crippen molar-refractivity contribution < 1.29 is 19.1 Å². The van der Waals surface area contributed by atoms with Crippen molar-refractivity contribution in [3.63, 3.8) is 0 Å². The molecule has 5 rings (SSSR count). The highest BCUT2D eigenvalue weighted by molar-refractivity contribution is 6.35. The number of nitrogens with one attached hydrogen (secondary N) is 3. The number of aromatic amines is 1. The van der Waals surface area contributed by atoms with Crippen molar-refractivity contribution in [1.29, 1.82) is 5.26 Å². The van der Waals surface area contributed by atoms with Gasteiger partial charge in [-0.2, -0.15) is 5.26 Å². The Balaban J connectivity index is 1.36. The maximum Gasteiger partial charge on any atom is 0.271 e. The summed E-state index contributed by atoms with van der Waals surface area (Å²) in [6.07, 6.45) is 4.40. The minimum absolute atomic E-state index is 0.0729. The molecule has 1 aliphatic carbocycles. The summed E-state index contributed by atoms with van der Waals surface area (Å²) >= 11 is 6.36. The molecule has 1 spiro atoms. The summed E-state index contributed by atoms with van der Waals surface area (Å²) in [6.45, 7) is 4.37. The number of carbonyl (C=O) groups excluding carboxylic acids is 3. The topological polar surface area (TPSA) is 127 Å². The van der Waals surface area contributed by atoms with E-state index in [1.807, 2.05) is 13.8 Å². The van der Waals surface area contributed by atoms with Crippen molar-refractivity contribution in [2.45, 2.75) is 70.0 Å². The van der Waals surface area contributed by atoms with Crippen LogP contribution in [0.15, 0.2) is 18.2 Å². The number of H-pyrrole nitrogens is 1. The Morgan fingerprint density at radius 3 is 2.68 bits per heavy atom. The van der Waals surface area contributed by atoms with E-state index in [0.717, 1.165) is 19.3 Å². The van der Waals surface area contributed by atoms with Crippen molar-refractivity contribution in [3.8, 4) is 11.8 Å². The van der Waals surface area contributed by atoms with Gasteiger partial charge in [0.15, 0.2) is 0 Å². The van der Waals surface area contributed by atoms with Crippen LogP contribution in [0.5, 0.6) is 5.75 Å². The number of likely N-dealkylation sites (tertiary alicyclic amines) is 1. The minimum atomic E-state index is -0.816. The largest absolute Gasteiger partial charge is 0.496 e. The van der Waals surface area contributed by atoms with Gasteiger partial charge in [0.1, 0.15) is 23.5 Å². The average Bonchev–Trinajstić information content (AvgIpc) is 3.52. The van der Waals surface area contributed by atoms with Crippen LogP contribution >= 0.6 is 11.6 Å². The van der Waals surface area contributed by atoms with Crippen LogP contribution in [0.25, 0.3) is 10.9 Å². The maximum atomic E-state index is 13.7. The molecule has 3 fully saturated rings. The normalized spacial score (nSPS) is 24.4. The molecule has 10 heteroatoms. The number of halogens is 1. The molecular weight excluding hydrogens is 494 g/mol. The van der Waals surface area contributed by atoms with Crippen LogP contribution in [-0.4, -0.2) is 58.9 Å². The summed E-state index contributed by atoms with van der Waals surface area (Å²) in [6, 6.07) is 5.79. The average molecular weight is 526 g/mol. The Morgan fingerprint density at radius 1 is 1.32 bits per heavy atom. The quantitative estimate of drug-likeness (QED) is 0.531. The van der Waals surface area contributed by atoms with Gasteiger partial charge in [0.25, 0.3) is 5.91 Å². The Morgan fingerprint density at radius 2 is 2.08 bits per heavy atom. The molecule has 0 bridgehead atoms. The summed E-state index contributed by atoms with van der Waals surface area (Å²) in [4.78, 5) is 44.3. The predicted octanol–water partition coefficient (Wildman–Crippen LogP) is 3.53. The van der Waals surface area contributed by atoms with E-state index in [-0.39, 0.29) is 41.0 Å². The third-order valence-electron chi connectivity index (χ3n) is 8.22. The maximum absolute atomic E-state index is 13.7. The Hall–Kier alpha value is -3.25. The van der Waals surface area contributed by atoms with Crippen LogP contribution in [0.1, 0.15) is 62.9 Å². The lowest BCUT2D eigenvalue weighted by Crippen LogP contribution is -2.49. The van der Waals surface area contributed by atoms with Gasteiger partial charge in [0, 0.05) is 23.4 Å². The molecule has 0 radical (unpaired) electrons. The molecule has 3 aliphatic rings. The highest BCUT2D eigenvalue weighted by atomic mass is 35.5. The van der Waals surface area contributed by atoms with E-state index in [2.05, 4.69) is 21.7 Å². The molecule has 1 unspecified atom stereocenters. The molecule has 3 atom stereocenters. The van der Waals surface area contributed by atoms with Gasteiger partial charge in [-0.05, 0) is 69.6 Å². The van der Waals surface area contributed by atoms with Crippen LogP contribution in [0.2, 0.25) is 5.02 Å². The number of nitriles is 1. The third-order valence-corrected chi connectivity index (χ3v) is 8.54. The van der Waals surface area contributed by atoms with Crippen LogP contribution in [0.4, 0.5) is 0 Å². The number of fused-ring (bicyclic) bond motifs is 1. The van der Waals surface area contributed by atoms with E-state index in [9.17, 15) is 19.6 Å². The predicted molar refractivity (Wildman–Crippen MR) is 138 cm³/mol. The van der Waals surface area contributed by atoms with E-state index >= 15 is 0 Å². The van der Waals surface area contributed by atoms with E-state index in [1.54, 1.807) is 30.2 Å². The van der Waals surface area contributed by atoms with Gasteiger partial charge in [-0.3, -0.25) is 14.4 Å². The summed E-state index contributed by atoms with van der Waals surface area (Å²) in [7, 11) is 1.56. The summed E-state index contributed by atoms with van der Waals surface area (Å²) in [5.74, 6) is -0.489. The van der Waals surface area contributed by atoms with Crippen LogP contribution < -0.4 is 15.4 Å². The highest BCUT2D eigenvalue weighted by Gasteiger charge is 2.52. The van der Waals surface area contributed by atoms with Gasteiger partial charge >= 0.3 is 0 Å². The number of benzene rings is 1. The number of rotatable bonds is 6. The van der Waals surface area contributed by atoms with E-state index < -0.39 is 12.1 Å². The number of amides is 3. The van der Waals surface area contributed by atoms with Gasteiger partial charge in [-0.15, -0.1) is 0 Å². The monoisotopic (exact) mass is 525 g/mol. The standard InChI is InChI=1S/C27H32ClN5O4/c1-26(2)11-15(23(34)32-26)9-16(13-29)30-24(35)20-12-27(7-4-8-27)14-33(20)25(36)19-10-17-21(37-3)6-5-18(28)22(17)31-19/h5-6,10,15-16,20,31H,4,7-9,11-12,14H2,1-3H3,(H,30,35)(H,32,34)/t15-,16+,20?/m1/s1. The number of hydrogen-bond acceptors (Lipinski definition) is 5. The molecule has 3 amide bonds. The fraction of sp³-hybridized carbons (Fsp3) is 0.556. The lowest BCUT2D eigenvalue weighted by Gasteiger charge is -2.37. The third kappa shape index (κ3) is 4.63. The second kappa shape index (κ2) is 9.25. The number of hydrogen-bond donors (Lipinski definition) is 3. The fourth-order valence-electron chi connectivity index (χ4n) is 6.23. The van der Waals surface area contributed by atoms with Crippen molar-refractivity contribution in [1.82, 2.24) is 20.5 Å². The first-order valence-corrected chi connectivity index (χ1v) is 13.1. The Kier molecular flexibility index (Phi) is 6.35. The number of aromatic nitrogens is 1. The molecule has 37 heavy (non-hydrogen) atoms. The van der Waals surface area contributed by atoms with Crippen LogP contribution in [-0.2, 0) is 9.59 Å². The number of carbonyl (C=O) groups is 3. The molecule has 9 nitrogen and oxygen atoms in total. The van der Waals surface area contributed by atoms with Crippen molar-refractivity contribution in [2.24, 2.45) is 11.3 Å². The summed E-state index contributed by atoms with van der Waals surface area (Å²) in [5.41, 5.74) is 0.529. The molecule has 1 aromatic heterocycles. The zero-order valence-electron chi connectivity index (χ0n) is 21.3. The summed E-state index contributed by atoms with van der Waals surface area (Å²) in [5, 5.41) is 16.7. The van der Waals surface area contributed by atoms with Crippen molar-refractivity contribution >= 4 is 40.2 Å². The highest BCUT2D eigenvalue weighted by Crippen LogP contribution is 2.50. The van der Waals surface area contributed by atoms with E-state index in [0.29, 0.717) is 46.8 Å².